The van der Waals surface area contributed by atoms with Crippen LogP contribution < -0.4 is 14.5 Å². The number of hydrogen-bond donors (Lipinski definition) is 0. The van der Waals surface area contributed by atoms with Crippen molar-refractivity contribution in [3.05, 3.63) is 176 Å². The van der Waals surface area contributed by atoms with Gasteiger partial charge in [-0.3, -0.25) is 0 Å². The maximum absolute atomic E-state index is 6.55. The Morgan fingerprint density at radius 2 is 1.26 bits per heavy atom. The molecule has 0 amide bonds. The predicted molar refractivity (Wildman–Crippen MR) is 218 cm³/mol. The zero-order valence-electron chi connectivity index (χ0n) is 30.0. The minimum atomic E-state index is -0.0105. The Balaban J connectivity index is 0.00000384. The van der Waals surface area contributed by atoms with Gasteiger partial charge in [0.05, 0.1) is 0 Å². The van der Waals surface area contributed by atoms with E-state index in [-0.39, 0.29) is 26.5 Å². The van der Waals surface area contributed by atoms with Crippen LogP contribution in [0.3, 0.4) is 0 Å². The molecule has 5 nitrogen and oxygen atoms in total. The molecule has 7 aromatic carbocycles. The average molecular weight is 879 g/mol. The number of hydrogen-bond acceptors (Lipinski definition) is 4. The molecule has 0 aliphatic carbocycles. The van der Waals surface area contributed by atoms with Gasteiger partial charge >= 0.3 is 0 Å². The molecule has 10 rings (SSSR count). The SMILES string of the molecule is CC(C)(C)c1ccnc(-n2c3[c-]c(Oc4[c-]c(N5[CH-]N(c6cccc7c6ccc6ccccc67)c6ccccc65)ccc4)ccc3c3ccccc32)c1.[Pt]. The zero-order valence-corrected chi connectivity index (χ0v) is 32.3. The monoisotopic (exact) mass is 878 g/mol. The molecule has 0 bridgehead atoms. The fourth-order valence-electron chi connectivity index (χ4n) is 7.66. The van der Waals surface area contributed by atoms with Gasteiger partial charge in [-0.2, -0.15) is 12.1 Å². The summed E-state index contributed by atoms with van der Waals surface area (Å²) < 4.78 is 8.74. The number of pyridine rings is 1. The first-order valence-corrected chi connectivity index (χ1v) is 18.0. The molecule has 54 heavy (non-hydrogen) atoms. The number of rotatable bonds is 5. The second kappa shape index (κ2) is 13.2. The minimum Gasteiger partial charge on any atom is -0.509 e. The predicted octanol–water partition coefficient (Wildman–Crippen LogP) is 12.6. The number of anilines is 4. The summed E-state index contributed by atoms with van der Waals surface area (Å²) in [6.45, 7) is 8.82. The Kier molecular flexibility index (Phi) is 8.28. The number of ether oxygens (including phenoxy) is 1. The van der Waals surface area contributed by atoms with Gasteiger partial charge in [0.25, 0.3) is 0 Å². The molecule has 2 aromatic heterocycles. The zero-order chi connectivity index (χ0) is 35.7. The smallest absolute Gasteiger partial charge is 0.135 e. The van der Waals surface area contributed by atoms with Crippen molar-refractivity contribution in [3.63, 3.8) is 0 Å². The summed E-state index contributed by atoms with van der Waals surface area (Å²) in [5, 5.41) is 7.16. The molecule has 0 radical (unpaired) electrons. The van der Waals surface area contributed by atoms with E-state index in [1.165, 1.54) is 27.1 Å². The van der Waals surface area contributed by atoms with Crippen LogP contribution in [-0.4, -0.2) is 9.55 Å². The number of benzene rings is 7. The van der Waals surface area contributed by atoms with E-state index in [4.69, 9.17) is 9.72 Å². The molecular weight excluding hydrogens is 844 g/mol. The summed E-state index contributed by atoms with van der Waals surface area (Å²) in [6, 6.07) is 58.1. The molecule has 0 saturated carbocycles. The molecule has 0 atom stereocenters. The largest absolute Gasteiger partial charge is 0.509 e. The van der Waals surface area contributed by atoms with E-state index < -0.39 is 0 Å². The number of aromatic nitrogens is 2. The van der Waals surface area contributed by atoms with Gasteiger partial charge < -0.3 is 19.1 Å². The summed E-state index contributed by atoms with van der Waals surface area (Å²) in [4.78, 5) is 9.28. The summed E-state index contributed by atoms with van der Waals surface area (Å²) in [6.07, 6.45) is 1.90. The fourth-order valence-corrected chi connectivity index (χ4v) is 7.66. The Labute approximate surface area is 329 Å². The van der Waals surface area contributed by atoms with Crippen LogP contribution in [0.4, 0.5) is 22.7 Å². The molecule has 1 aliphatic rings. The average Bonchev–Trinajstić information content (AvgIpc) is 3.73. The molecule has 0 spiro atoms. The first kappa shape index (κ1) is 33.9. The van der Waals surface area contributed by atoms with Crippen molar-refractivity contribution in [2.75, 3.05) is 9.80 Å². The number of para-hydroxylation sites is 3. The van der Waals surface area contributed by atoms with Crippen molar-refractivity contribution < 1.29 is 25.8 Å². The Hall–Kier alpha value is -5.90. The van der Waals surface area contributed by atoms with Gasteiger partial charge in [-0.15, -0.1) is 48.1 Å². The Bertz CT molecular complexity index is 2870. The molecule has 0 unspecified atom stereocenters. The molecule has 1 aliphatic heterocycles. The van der Waals surface area contributed by atoms with E-state index in [0.717, 1.165) is 50.4 Å². The van der Waals surface area contributed by atoms with Crippen molar-refractivity contribution >= 4 is 66.1 Å². The molecule has 266 valence electrons. The minimum absolute atomic E-state index is 0. The van der Waals surface area contributed by atoms with E-state index in [2.05, 4.69) is 181 Å². The Morgan fingerprint density at radius 3 is 2.11 bits per heavy atom. The normalized spacial score (nSPS) is 12.8. The molecule has 0 fully saturated rings. The second-order valence-electron chi connectivity index (χ2n) is 14.6. The van der Waals surface area contributed by atoms with Gasteiger partial charge in [-0.1, -0.05) is 105 Å². The maximum Gasteiger partial charge on any atom is 0.135 e. The summed E-state index contributed by atoms with van der Waals surface area (Å²) in [5.41, 5.74) is 7.38. The van der Waals surface area contributed by atoms with Crippen molar-refractivity contribution in [1.29, 1.82) is 0 Å². The van der Waals surface area contributed by atoms with Gasteiger partial charge in [-0.25, -0.2) is 4.98 Å². The van der Waals surface area contributed by atoms with E-state index in [1.54, 1.807) is 0 Å². The molecule has 0 saturated heterocycles. The van der Waals surface area contributed by atoms with Gasteiger partial charge in [0, 0.05) is 66.7 Å². The molecule has 9 aromatic rings. The summed E-state index contributed by atoms with van der Waals surface area (Å²) in [7, 11) is 0. The van der Waals surface area contributed by atoms with Crippen molar-refractivity contribution in [2.45, 2.75) is 26.2 Å². The van der Waals surface area contributed by atoms with Crippen LogP contribution in [0.5, 0.6) is 11.5 Å². The third kappa shape index (κ3) is 5.63. The topological polar surface area (TPSA) is 33.5 Å². The van der Waals surface area contributed by atoms with Crippen LogP contribution >= 0.6 is 0 Å². The van der Waals surface area contributed by atoms with E-state index >= 15 is 0 Å². The van der Waals surface area contributed by atoms with Gasteiger partial charge in [-0.05, 0) is 68.9 Å². The molecule has 6 heteroatoms. The molecular formula is C48H35N4OPt-3. The first-order valence-electron chi connectivity index (χ1n) is 18.0. The fraction of sp³-hybridized carbons (Fsp3) is 0.0833. The van der Waals surface area contributed by atoms with Crippen molar-refractivity contribution in [2.24, 2.45) is 0 Å². The quantitative estimate of drug-likeness (QED) is 0.127. The van der Waals surface area contributed by atoms with E-state index in [1.807, 2.05) is 24.4 Å². The maximum atomic E-state index is 6.55. The van der Waals surface area contributed by atoms with Crippen molar-refractivity contribution in [3.8, 4) is 17.3 Å². The first-order chi connectivity index (χ1) is 25.9. The standard InChI is InChI=1S/C48H35N4O.Pt/c1-48(2,3)33-26-27-49-47(28-33)52-43-18-7-6-16-39(43)41-25-23-36(30-46(41)52)53-35-14-10-13-34(29-35)50-31-51(45-20-9-8-19-44(45)50)42-21-11-17-38-37-15-5-4-12-32(37)22-24-40(38)42;/h4-28,31H,1-3H3;/q-3;. The molecule has 3 heterocycles. The third-order valence-electron chi connectivity index (χ3n) is 10.3. The number of fused-ring (bicyclic) bond motifs is 7. The van der Waals surface area contributed by atoms with Crippen LogP contribution in [0.1, 0.15) is 26.3 Å². The van der Waals surface area contributed by atoms with E-state index in [0.29, 0.717) is 11.5 Å². The Morgan fingerprint density at radius 1 is 0.574 bits per heavy atom. The van der Waals surface area contributed by atoms with E-state index in [9.17, 15) is 0 Å². The van der Waals surface area contributed by atoms with Crippen LogP contribution in [-0.2, 0) is 26.5 Å². The van der Waals surface area contributed by atoms with Crippen LogP contribution in [0, 0.1) is 18.8 Å². The van der Waals surface area contributed by atoms with Crippen LogP contribution in [0.2, 0.25) is 0 Å². The van der Waals surface area contributed by atoms with Gasteiger partial charge in [0.15, 0.2) is 0 Å². The second-order valence-corrected chi connectivity index (χ2v) is 14.6. The molecule has 0 N–H and O–H groups in total. The summed E-state index contributed by atoms with van der Waals surface area (Å²) in [5.74, 6) is 2.07. The van der Waals surface area contributed by atoms with Gasteiger partial charge in [0.2, 0.25) is 0 Å². The van der Waals surface area contributed by atoms with Crippen LogP contribution in [0.15, 0.2) is 152 Å². The number of nitrogens with zero attached hydrogens (tertiary/aromatic N) is 4. The summed E-state index contributed by atoms with van der Waals surface area (Å²) >= 11 is 0. The third-order valence-corrected chi connectivity index (χ3v) is 10.3. The van der Waals surface area contributed by atoms with Crippen molar-refractivity contribution in [1.82, 2.24) is 9.55 Å². The van der Waals surface area contributed by atoms with Gasteiger partial charge in [0.1, 0.15) is 5.82 Å². The van der Waals surface area contributed by atoms with Crippen LogP contribution in [0.25, 0.3) is 49.2 Å².